The van der Waals surface area contributed by atoms with Gasteiger partial charge in [-0.1, -0.05) is 60.7 Å². The molecule has 6 rings (SSSR count). The molecule has 4 saturated heterocycles. The van der Waals surface area contributed by atoms with E-state index in [4.69, 9.17) is 5.10 Å². The Morgan fingerprint density at radius 2 is 1.31 bits per heavy atom. The zero-order valence-corrected chi connectivity index (χ0v) is 15.0. The van der Waals surface area contributed by atoms with Gasteiger partial charge < -0.3 is 0 Å². The van der Waals surface area contributed by atoms with E-state index in [9.17, 15) is 0 Å². The molecule has 4 aliphatic heterocycles. The average molecular weight is 348 g/mol. The number of benzene rings is 2. The van der Waals surface area contributed by atoms with Crippen LogP contribution < -0.4 is 14.7 Å². The normalized spacial score (nSPS) is 33.1. The van der Waals surface area contributed by atoms with Crippen LogP contribution in [-0.2, 0) is 0 Å². The molecule has 4 fully saturated rings. The van der Waals surface area contributed by atoms with Crippen LogP contribution in [0.1, 0.15) is 11.1 Å². The zero-order valence-electron chi connectivity index (χ0n) is 15.0. The van der Waals surface area contributed by atoms with Crippen LogP contribution in [0.5, 0.6) is 0 Å². The van der Waals surface area contributed by atoms with Gasteiger partial charge >= 0.3 is 0 Å². The Balaban J connectivity index is 1.53. The van der Waals surface area contributed by atoms with E-state index in [2.05, 4.69) is 47.6 Å². The molecule has 4 aliphatic rings. The Kier molecular flexibility index (Phi) is 3.93. The first-order valence-corrected chi connectivity index (χ1v) is 9.53. The minimum atomic E-state index is 0.143. The summed E-state index contributed by atoms with van der Waals surface area (Å²) in [5, 5.41) is 9.34. The monoisotopic (exact) mass is 348 g/mol. The van der Waals surface area contributed by atoms with Crippen LogP contribution in [0.15, 0.2) is 70.9 Å². The molecule has 0 saturated carbocycles. The quantitative estimate of drug-likeness (QED) is 0.425. The van der Waals surface area contributed by atoms with Crippen molar-refractivity contribution in [3.8, 4) is 0 Å². The second kappa shape index (κ2) is 6.43. The molecule has 132 valence electrons. The van der Waals surface area contributed by atoms with E-state index >= 15 is 0 Å². The summed E-state index contributed by atoms with van der Waals surface area (Å²) >= 11 is 0. The highest BCUT2D eigenvalue weighted by atomic mass is 15.5. The Morgan fingerprint density at radius 1 is 0.769 bits per heavy atom. The SMILES string of the molecule is C(=N\N=C(/c1ccccc1)C12C[NH+]3C[NH+](C[NH+](C3)C1)C2)/c1ccccc1. The minimum absolute atomic E-state index is 0.143. The summed E-state index contributed by atoms with van der Waals surface area (Å²) in [6, 6.07) is 20.9. The molecule has 5 nitrogen and oxygen atoms in total. The van der Waals surface area contributed by atoms with Crippen molar-refractivity contribution in [1.29, 1.82) is 0 Å². The van der Waals surface area contributed by atoms with Gasteiger partial charge in [-0.05, 0) is 11.1 Å². The van der Waals surface area contributed by atoms with Gasteiger partial charge in [0.1, 0.15) is 19.6 Å². The molecule has 2 aromatic rings. The number of nitrogens with one attached hydrogen (secondary N) is 3. The van der Waals surface area contributed by atoms with Crippen LogP contribution in [-0.4, -0.2) is 51.6 Å². The highest BCUT2D eigenvalue weighted by Gasteiger charge is 2.60. The molecule has 4 bridgehead atoms. The Hall–Kier alpha value is -2.34. The third-order valence-corrected chi connectivity index (χ3v) is 5.98. The molecule has 0 spiro atoms. The van der Waals surface area contributed by atoms with E-state index in [0.29, 0.717) is 0 Å². The van der Waals surface area contributed by atoms with E-state index in [1.54, 1.807) is 14.7 Å². The third-order valence-electron chi connectivity index (χ3n) is 5.98. The summed E-state index contributed by atoms with van der Waals surface area (Å²) in [5.41, 5.74) is 3.63. The Labute approximate surface area is 154 Å². The molecule has 0 atom stereocenters. The van der Waals surface area contributed by atoms with Gasteiger partial charge in [0.05, 0.1) is 11.9 Å². The molecule has 26 heavy (non-hydrogen) atoms. The molecule has 0 amide bonds. The summed E-state index contributed by atoms with van der Waals surface area (Å²) in [5.74, 6) is 0. The van der Waals surface area contributed by atoms with Gasteiger partial charge in [0, 0.05) is 0 Å². The molecular formula is C21H26N5+3. The number of rotatable bonds is 4. The summed E-state index contributed by atoms with van der Waals surface area (Å²) in [4.78, 5) is 5.15. The lowest BCUT2D eigenvalue weighted by molar-refractivity contribution is -1.30. The van der Waals surface area contributed by atoms with Crippen LogP contribution in [0.2, 0.25) is 0 Å². The van der Waals surface area contributed by atoms with E-state index < -0.39 is 0 Å². The molecule has 5 heteroatoms. The van der Waals surface area contributed by atoms with E-state index in [1.807, 2.05) is 24.4 Å². The lowest BCUT2D eigenvalue weighted by Gasteiger charge is -2.52. The molecule has 0 aromatic heterocycles. The number of hydrogen-bond acceptors (Lipinski definition) is 2. The second-order valence-corrected chi connectivity index (χ2v) is 8.06. The third kappa shape index (κ3) is 2.88. The first-order chi connectivity index (χ1) is 12.8. The summed E-state index contributed by atoms with van der Waals surface area (Å²) in [7, 11) is 0. The van der Waals surface area contributed by atoms with Gasteiger partial charge in [-0.15, -0.1) is 0 Å². The van der Waals surface area contributed by atoms with Crippen molar-refractivity contribution in [2.24, 2.45) is 15.6 Å². The molecular weight excluding hydrogens is 322 g/mol. The van der Waals surface area contributed by atoms with Crippen molar-refractivity contribution >= 4 is 11.9 Å². The van der Waals surface area contributed by atoms with E-state index in [0.717, 1.165) is 5.56 Å². The zero-order chi connectivity index (χ0) is 17.4. The Morgan fingerprint density at radius 3 is 1.88 bits per heavy atom. The summed E-state index contributed by atoms with van der Waals surface area (Å²) in [6.45, 7) is 7.36. The maximum Gasteiger partial charge on any atom is 0.213 e. The predicted octanol–water partition coefficient (Wildman–Crippen LogP) is -1.94. The topological polar surface area (TPSA) is 38.0 Å². The smallest absolute Gasteiger partial charge is 0.213 e. The van der Waals surface area contributed by atoms with Crippen LogP contribution >= 0.6 is 0 Å². The van der Waals surface area contributed by atoms with E-state index in [1.165, 1.54) is 50.9 Å². The highest BCUT2D eigenvalue weighted by Crippen LogP contribution is 2.23. The fourth-order valence-corrected chi connectivity index (χ4v) is 5.26. The van der Waals surface area contributed by atoms with Crippen molar-refractivity contribution in [1.82, 2.24) is 0 Å². The minimum Gasteiger partial charge on any atom is -0.241 e. The van der Waals surface area contributed by atoms with Crippen LogP contribution in [0.3, 0.4) is 0 Å². The van der Waals surface area contributed by atoms with Crippen LogP contribution in [0.4, 0.5) is 0 Å². The van der Waals surface area contributed by atoms with Gasteiger partial charge in [-0.3, -0.25) is 0 Å². The van der Waals surface area contributed by atoms with Gasteiger partial charge in [0.15, 0.2) is 5.41 Å². The maximum absolute atomic E-state index is 4.83. The Bertz CT molecular complexity index is 793. The molecule has 2 aromatic carbocycles. The van der Waals surface area contributed by atoms with Crippen LogP contribution in [0, 0.1) is 5.41 Å². The summed E-state index contributed by atoms with van der Waals surface area (Å²) < 4.78 is 0. The fraction of sp³-hybridized carbons (Fsp3) is 0.333. The van der Waals surface area contributed by atoms with Gasteiger partial charge in [-0.2, -0.15) is 10.2 Å². The first kappa shape index (κ1) is 15.9. The lowest BCUT2D eigenvalue weighted by Crippen LogP contribution is -3.56. The molecule has 4 heterocycles. The lowest BCUT2D eigenvalue weighted by atomic mass is 9.74. The van der Waals surface area contributed by atoms with Crippen molar-refractivity contribution < 1.29 is 14.7 Å². The first-order valence-electron chi connectivity index (χ1n) is 9.53. The van der Waals surface area contributed by atoms with Crippen molar-refractivity contribution in [2.45, 2.75) is 0 Å². The maximum atomic E-state index is 4.83. The largest absolute Gasteiger partial charge is 0.241 e. The predicted molar refractivity (Wildman–Crippen MR) is 102 cm³/mol. The van der Waals surface area contributed by atoms with Gasteiger partial charge in [-0.25, -0.2) is 14.7 Å². The standard InChI is InChI=1S/C21H23N5/c1-3-7-18(8-4-1)11-22-23-20(19-9-5-2-6-10-19)21-12-24-15-25(13-21)17-26(14-21)16-24/h1-11H,12-17H2/p+3/b22-11+,23-20+. The fourth-order valence-electron chi connectivity index (χ4n) is 5.26. The molecule has 0 radical (unpaired) electrons. The average Bonchev–Trinajstić information content (AvgIpc) is 2.65. The highest BCUT2D eigenvalue weighted by molar-refractivity contribution is 6.05. The van der Waals surface area contributed by atoms with E-state index in [-0.39, 0.29) is 5.41 Å². The van der Waals surface area contributed by atoms with Crippen molar-refractivity contribution in [3.05, 3.63) is 71.8 Å². The molecule has 0 unspecified atom stereocenters. The second-order valence-electron chi connectivity index (χ2n) is 8.06. The van der Waals surface area contributed by atoms with Crippen molar-refractivity contribution in [3.63, 3.8) is 0 Å². The molecule has 3 N–H and O–H groups in total. The number of nitrogens with zero attached hydrogens (tertiary/aromatic N) is 2. The van der Waals surface area contributed by atoms with Gasteiger partial charge in [0.25, 0.3) is 0 Å². The number of quaternary nitrogens is 3. The van der Waals surface area contributed by atoms with Gasteiger partial charge in [0.2, 0.25) is 20.0 Å². The van der Waals surface area contributed by atoms with Crippen molar-refractivity contribution in [2.75, 3.05) is 39.6 Å². The number of hydrogen-bond donors (Lipinski definition) is 3. The van der Waals surface area contributed by atoms with Crippen LogP contribution in [0.25, 0.3) is 0 Å². The molecule has 0 aliphatic carbocycles. The summed E-state index contributed by atoms with van der Waals surface area (Å²) in [6.07, 6.45) is 1.87.